The Hall–Kier alpha value is -2.83. The molecule has 5 N–H and O–H groups in total. The summed E-state index contributed by atoms with van der Waals surface area (Å²) in [6.45, 7) is 9.16. The highest BCUT2D eigenvalue weighted by Gasteiger charge is 2.36. The second kappa shape index (κ2) is 6.65. The van der Waals surface area contributed by atoms with Crippen molar-refractivity contribution in [2.24, 2.45) is 5.41 Å². The Kier molecular flexibility index (Phi) is 4.40. The Morgan fingerprint density at radius 1 is 1.11 bits per heavy atom. The van der Waals surface area contributed by atoms with Crippen LogP contribution in [0.5, 0.6) is 0 Å². The molecule has 2 aromatic heterocycles. The van der Waals surface area contributed by atoms with Crippen molar-refractivity contribution in [1.29, 1.82) is 0 Å². The number of aromatic amines is 1. The lowest BCUT2D eigenvalue weighted by atomic mass is 9.79. The van der Waals surface area contributed by atoms with Crippen molar-refractivity contribution in [2.45, 2.75) is 59.0 Å². The lowest BCUT2D eigenvalue weighted by Gasteiger charge is -2.47. The molecule has 7 nitrogen and oxygen atoms in total. The van der Waals surface area contributed by atoms with E-state index in [9.17, 15) is 0 Å². The molecule has 1 fully saturated rings. The van der Waals surface area contributed by atoms with Gasteiger partial charge in [0.1, 0.15) is 5.82 Å². The van der Waals surface area contributed by atoms with Gasteiger partial charge >= 0.3 is 0 Å². The third kappa shape index (κ3) is 3.25. The first-order valence-electron chi connectivity index (χ1n) is 9.91. The molecular formula is C21H29N7. The number of nitrogens with two attached hydrogens (primary N) is 2. The molecule has 0 bridgehead atoms. The summed E-state index contributed by atoms with van der Waals surface area (Å²) in [5.41, 5.74) is 14.8. The van der Waals surface area contributed by atoms with Gasteiger partial charge in [-0.2, -0.15) is 10.1 Å². The summed E-state index contributed by atoms with van der Waals surface area (Å²) in [6, 6.07) is 8.84. The number of rotatable bonds is 2. The van der Waals surface area contributed by atoms with Crippen molar-refractivity contribution in [3.8, 4) is 11.3 Å². The van der Waals surface area contributed by atoms with Gasteiger partial charge in [-0.05, 0) is 43.7 Å². The number of anilines is 3. The smallest absolute Gasteiger partial charge is 0.222 e. The largest absolute Gasteiger partial charge is 0.382 e. The SMILES string of the molecule is C[C@H]1CCC[C@@H](C(C)(C)C)N1c1cc(-c2ccc3c(N)n[nH]c3c2)nc(N)n1. The molecule has 3 aromatic rings. The van der Waals surface area contributed by atoms with Crippen LogP contribution in [-0.4, -0.2) is 32.2 Å². The van der Waals surface area contributed by atoms with Crippen LogP contribution in [-0.2, 0) is 0 Å². The zero-order chi connectivity index (χ0) is 20.1. The second-order valence-corrected chi connectivity index (χ2v) is 8.91. The van der Waals surface area contributed by atoms with Crippen LogP contribution in [0.25, 0.3) is 22.2 Å². The molecule has 0 radical (unpaired) electrons. The fraction of sp³-hybridized carbons (Fsp3) is 0.476. The number of nitrogen functional groups attached to an aromatic ring is 2. The number of fused-ring (bicyclic) bond motifs is 1. The summed E-state index contributed by atoms with van der Waals surface area (Å²) in [6.07, 6.45) is 3.56. The minimum absolute atomic E-state index is 0.154. The maximum absolute atomic E-state index is 6.13. The van der Waals surface area contributed by atoms with Crippen LogP contribution in [0.4, 0.5) is 17.6 Å². The van der Waals surface area contributed by atoms with E-state index in [2.05, 4.69) is 58.8 Å². The number of nitrogens with zero attached hydrogens (tertiary/aromatic N) is 4. The molecule has 148 valence electrons. The molecule has 3 heterocycles. The molecule has 1 aromatic carbocycles. The van der Waals surface area contributed by atoms with Crippen LogP contribution in [0.1, 0.15) is 47.0 Å². The van der Waals surface area contributed by atoms with Crippen molar-refractivity contribution >= 4 is 28.5 Å². The van der Waals surface area contributed by atoms with Crippen molar-refractivity contribution in [3.05, 3.63) is 24.3 Å². The first kappa shape index (κ1) is 18.5. The van der Waals surface area contributed by atoms with Gasteiger partial charge in [-0.1, -0.05) is 26.8 Å². The highest BCUT2D eigenvalue weighted by Crippen LogP contribution is 2.38. The van der Waals surface area contributed by atoms with Gasteiger partial charge in [0.05, 0.1) is 11.2 Å². The van der Waals surface area contributed by atoms with E-state index in [1.165, 1.54) is 6.42 Å². The number of hydrogen-bond donors (Lipinski definition) is 3. The molecular weight excluding hydrogens is 350 g/mol. The minimum Gasteiger partial charge on any atom is -0.382 e. The van der Waals surface area contributed by atoms with E-state index < -0.39 is 0 Å². The van der Waals surface area contributed by atoms with E-state index in [1.54, 1.807) is 0 Å². The minimum atomic E-state index is 0.154. The molecule has 0 unspecified atom stereocenters. The number of piperidine rings is 1. The van der Waals surface area contributed by atoms with E-state index in [-0.39, 0.29) is 5.41 Å². The summed E-state index contributed by atoms with van der Waals surface area (Å²) >= 11 is 0. The summed E-state index contributed by atoms with van der Waals surface area (Å²) in [4.78, 5) is 11.6. The molecule has 1 aliphatic heterocycles. The topological polar surface area (TPSA) is 110 Å². The van der Waals surface area contributed by atoms with Crippen LogP contribution in [0.15, 0.2) is 24.3 Å². The Morgan fingerprint density at radius 3 is 2.64 bits per heavy atom. The average Bonchev–Trinajstić information content (AvgIpc) is 3.00. The fourth-order valence-corrected chi connectivity index (χ4v) is 4.36. The first-order chi connectivity index (χ1) is 13.2. The lowest BCUT2D eigenvalue weighted by molar-refractivity contribution is 0.238. The second-order valence-electron chi connectivity index (χ2n) is 8.91. The standard InChI is InChI=1S/C21H29N7/c1-12-6-5-7-17(21(2,3)4)28(12)18-11-15(24-20(23)25-18)13-8-9-14-16(10-13)26-27-19(14)22/h8-12,17H,5-7H2,1-4H3,(H3,22,26,27)(H2,23,24,25)/t12-,17-/m0/s1. The zero-order valence-corrected chi connectivity index (χ0v) is 17.0. The highest BCUT2D eigenvalue weighted by atomic mass is 15.3. The Labute approximate surface area is 165 Å². The van der Waals surface area contributed by atoms with E-state index in [0.717, 1.165) is 40.8 Å². The van der Waals surface area contributed by atoms with Crippen molar-refractivity contribution < 1.29 is 0 Å². The highest BCUT2D eigenvalue weighted by molar-refractivity contribution is 5.91. The number of benzene rings is 1. The van der Waals surface area contributed by atoms with E-state index in [0.29, 0.717) is 23.8 Å². The molecule has 0 amide bonds. The lowest BCUT2D eigenvalue weighted by Crippen LogP contribution is -2.52. The predicted molar refractivity (Wildman–Crippen MR) is 115 cm³/mol. The van der Waals surface area contributed by atoms with Gasteiger partial charge in [0.2, 0.25) is 5.95 Å². The molecule has 1 aliphatic rings. The molecule has 0 spiro atoms. The fourth-order valence-electron chi connectivity index (χ4n) is 4.36. The Balaban J connectivity index is 1.79. The van der Waals surface area contributed by atoms with Crippen LogP contribution < -0.4 is 16.4 Å². The molecule has 1 saturated heterocycles. The maximum Gasteiger partial charge on any atom is 0.222 e. The molecule has 2 atom stereocenters. The van der Waals surface area contributed by atoms with Crippen LogP contribution in [0.3, 0.4) is 0 Å². The summed E-state index contributed by atoms with van der Waals surface area (Å²) in [5, 5.41) is 7.94. The average molecular weight is 380 g/mol. The molecule has 28 heavy (non-hydrogen) atoms. The Bertz CT molecular complexity index is 1000. The summed E-state index contributed by atoms with van der Waals surface area (Å²) in [5.74, 6) is 1.70. The summed E-state index contributed by atoms with van der Waals surface area (Å²) < 4.78 is 0. The normalized spacial score (nSPS) is 20.6. The third-order valence-electron chi connectivity index (χ3n) is 5.79. The Morgan fingerprint density at radius 2 is 1.89 bits per heavy atom. The molecule has 0 saturated carbocycles. The van der Waals surface area contributed by atoms with Gasteiger partial charge in [-0.25, -0.2) is 4.98 Å². The van der Waals surface area contributed by atoms with Crippen LogP contribution in [0, 0.1) is 5.41 Å². The predicted octanol–water partition coefficient (Wildman–Crippen LogP) is 3.98. The number of aromatic nitrogens is 4. The number of nitrogens with one attached hydrogen (secondary N) is 1. The molecule has 0 aliphatic carbocycles. The zero-order valence-electron chi connectivity index (χ0n) is 17.0. The van der Waals surface area contributed by atoms with Crippen molar-refractivity contribution in [1.82, 2.24) is 20.2 Å². The first-order valence-corrected chi connectivity index (χ1v) is 9.91. The van der Waals surface area contributed by atoms with Crippen molar-refractivity contribution in [3.63, 3.8) is 0 Å². The van der Waals surface area contributed by atoms with Gasteiger partial charge in [0, 0.05) is 29.1 Å². The van der Waals surface area contributed by atoms with Gasteiger partial charge in [-0.3, -0.25) is 5.10 Å². The third-order valence-corrected chi connectivity index (χ3v) is 5.79. The van der Waals surface area contributed by atoms with Crippen LogP contribution in [0.2, 0.25) is 0 Å². The molecule has 4 rings (SSSR count). The van der Waals surface area contributed by atoms with Gasteiger partial charge < -0.3 is 16.4 Å². The monoisotopic (exact) mass is 379 g/mol. The van der Waals surface area contributed by atoms with E-state index in [1.807, 2.05) is 18.2 Å². The summed E-state index contributed by atoms with van der Waals surface area (Å²) in [7, 11) is 0. The number of H-pyrrole nitrogens is 1. The molecule has 7 heteroatoms. The number of hydrogen-bond acceptors (Lipinski definition) is 6. The van der Waals surface area contributed by atoms with Crippen LogP contribution >= 0.6 is 0 Å². The van der Waals surface area contributed by atoms with Gasteiger partial charge in [0.15, 0.2) is 5.82 Å². The quantitative estimate of drug-likeness (QED) is 0.621. The maximum atomic E-state index is 6.13. The van der Waals surface area contributed by atoms with Gasteiger partial charge in [-0.15, -0.1) is 0 Å². The van der Waals surface area contributed by atoms with Gasteiger partial charge in [0.25, 0.3) is 0 Å². The van der Waals surface area contributed by atoms with E-state index >= 15 is 0 Å². The van der Waals surface area contributed by atoms with E-state index in [4.69, 9.17) is 11.5 Å². The van der Waals surface area contributed by atoms with Crippen molar-refractivity contribution in [2.75, 3.05) is 16.4 Å².